The first-order valence-corrected chi connectivity index (χ1v) is 11.3. The van der Waals surface area contributed by atoms with Crippen LogP contribution in [0.25, 0.3) is 11.3 Å². The fraction of sp³-hybridized carbons (Fsp3) is 0.238. The first-order chi connectivity index (χ1) is 15.0. The van der Waals surface area contributed by atoms with Gasteiger partial charge in [-0.25, -0.2) is 0 Å². The number of thioether (sulfide) groups is 1. The number of benzene rings is 2. The van der Waals surface area contributed by atoms with Crippen LogP contribution in [0.1, 0.15) is 18.7 Å². The molecule has 1 aromatic heterocycles. The highest BCUT2D eigenvalue weighted by molar-refractivity contribution is 9.10. The molecule has 2 heterocycles. The van der Waals surface area contributed by atoms with E-state index in [1.54, 1.807) is 25.2 Å². The molecule has 0 saturated carbocycles. The Bertz CT molecular complexity index is 1160. The van der Waals surface area contributed by atoms with E-state index in [0.717, 1.165) is 4.47 Å². The molecular weight excluding hydrogens is 484 g/mol. The number of para-hydroxylation sites is 1. The third kappa shape index (κ3) is 3.81. The van der Waals surface area contributed by atoms with Gasteiger partial charge in [0.2, 0.25) is 23.2 Å². The lowest BCUT2D eigenvalue weighted by Gasteiger charge is -2.31. The minimum Gasteiger partial charge on any atom is -0.493 e. The van der Waals surface area contributed by atoms with Crippen LogP contribution >= 0.6 is 27.7 Å². The van der Waals surface area contributed by atoms with Crippen molar-refractivity contribution in [3.05, 3.63) is 46.4 Å². The molecule has 160 valence electrons. The summed E-state index contributed by atoms with van der Waals surface area (Å²) in [5.41, 5.74) is 2.38. The van der Waals surface area contributed by atoms with Crippen molar-refractivity contribution in [1.29, 1.82) is 0 Å². The van der Waals surface area contributed by atoms with Crippen molar-refractivity contribution in [2.24, 2.45) is 0 Å². The van der Waals surface area contributed by atoms with Crippen LogP contribution in [-0.4, -0.2) is 41.6 Å². The summed E-state index contributed by atoms with van der Waals surface area (Å²) < 4.78 is 18.3. The van der Waals surface area contributed by atoms with Crippen LogP contribution in [0.5, 0.6) is 17.4 Å². The molecule has 0 fully saturated rings. The highest BCUT2D eigenvalue weighted by atomic mass is 79.9. The Morgan fingerprint density at radius 1 is 1.19 bits per heavy atom. The molecule has 4 rings (SSSR count). The van der Waals surface area contributed by atoms with E-state index in [9.17, 15) is 4.79 Å². The summed E-state index contributed by atoms with van der Waals surface area (Å²) in [5.74, 6) is 1.02. The number of hydrogen-bond donors (Lipinski definition) is 0. The Hall–Kier alpha value is -2.85. The molecule has 0 bridgehead atoms. The monoisotopic (exact) mass is 502 g/mol. The molecule has 0 saturated heterocycles. The van der Waals surface area contributed by atoms with E-state index in [4.69, 9.17) is 14.2 Å². The van der Waals surface area contributed by atoms with Gasteiger partial charge in [-0.2, -0.15) is 4.98 Å². The number of rotatable bonds is 4. The number of carbonyl (C=O) groups excluding carboxylic acids is 1. The highest BCUT2D eigenvalue weighted by Crippen LogP contribution is 2.47. The summed E-state index contributed by atoms with van der Waals surface area (Å²) in [5, 5.41) is 8.97. The van der Waals surface area contributed by atoms with E-state index in [1.807, 2.05) is 36.6 Å². The van der Waals surface area contributed by atoms with Gasteiger partial charge in [0.15, 0.2) is 17.2 Å². The molecule has 31 heavy (non-hydrogen) atoms. The predicted octanol–water partition coefficient (Wildman–Crippen LogP) is 4.48. The first kappa shape index (κ1) is 21.4. The van der Waals surface area contributed by atoms with Crippen LogP contribution in [0.15, 0.2) is 46.0 Å². The fourth-order valence-electron chi connectivity index (χ4n) is 3.48. The molecule has 3 aromatic rings. The largest absolute Gasteiger partial charge is 0.493 e. The average Bonchev–Trinajstić information content (AvgIpc) is 2.92. The Kier molecular flexibility index (Phi) is 6.01. The molecule has 8 nitrogen and oxygen atoms in total. The van der Waals surface area contributed by atoms with Crippen molar-refractivity contribution < 1.29 is 19.0 Å². The van der Waals surface area contributed by atoms with E-state index in [-0.39, 0.29) is 11.8 Å². The van der Waals surface area contributed by atoms with E-state index in [2.05, 4.69) is 31.1 Å². The minimum atomic E-state index is -0.882. The standard InChI is InChI=1S/C21H19BrN4O4S/c1-11(27)26-15-8-6-5-7-13(15)17-19(23-21(31-4)25-24-17)30-20(26)14-9-12(22)10-16(28-2)18(14)29-3/h5-10,20H,1-4H3. The molecule has 1 aliphatic rings. The van der Waals surface area contributed by atoms with Gasteiger partial charge in [0.1, 0.15) is 0 Å². The summed E-state index contributed by atoms with van der Waals surface area (Å²) in [4.78, 5) is 19.0. The number of anilines is 1. The number of methoxy groups -OCH3 is 2. The molecule has 1 amide bonds. The van der Waals surface area contributed by atoms with Crippen LogP contribution in [0.3, 0.4) is 0 Å². The summed E-state index contributed by atoms with van der Waals surface area (Å²) in [7, 11) is 3.10. The van der Waals surface area contributed by atoms with E-state index >= 15 is 0 Å². The summed E-state index contributed by atoms with van der Waals surface area (Å²) >= 11 is 4.86. The third-order valence-electron chi connectivity index (χ3n) is 4.77. The molecule has 0 aliphatic carbocycles. The molecule has 0 radical (unpaired) electrons. The lowest BCUT2D eigenvalue weighted by molar-refractivity contribution is -0.118. The molecule has 0 N–H and O–H groups in total. The maximum Gasteiger partial charge on any atom is 0.247 e. The predicted molar refractivity (Wildman–Crippen MR) is 121 cm³/mol. The van der Waals surface area contributed by atoms with Crippen LogP contribution in [0, 0.1) is 0 Å². The maximum atomic E-state index is 12.9. The number of amides is 1. The van der Waals surface area contributed by atoms with Crippen LogP contribution in [0.4, 0.5) is 5.69 Å². The first-order valence-electron chi connectivity index (χ1n) is 9.24. The van der Waals surface area contributed by atoms with Crippen molar-refractivity contribution in [3.8, 4) is 28.6 Å². The van der Waals surface area contributed by atoms with Crippen LogP contribution in [0.2, 0.25) is 0 Å². The Labute approximate surface area is 192 Å². The van der Waals surface area contributed by atoms with Gasteiger partial charge in [-0.3, -0.25) is 9.69 Å². The quantitative estimate of drug-likeness (QED) is 0.482. The van der Waals surface area contributed by atoms with E-state index in [0.29, 0.717) is 39.2 Å². The topological polar surface area (TPSA) is 86.7 Å². The van der Waals surface area contributed by atoms with Gasteiger partial charge in [-0.15, -0.1) is 10.2 Å². The zero-order chi connectivity index (χ0) is 22.1. The highest BCUT2D eigenvalue weighted by Gasteiger charge is 2.37. The number of ether oxygens (including phenoxy) is 3. The zero-order valence-corrected chi connectivity index (χ0v) is 19.7. The van der Waals surface area contributed by atoms with Gasteiger partial charge in [-0.1, -0.05) is 45.9 Å². The number of halogens is 1. The Morgan fingerprint density at radius 2 is 1.97 bits per heavy atom. The molecule has 1 unspecified atom stereocenters. The van der Waals surface area contributed by atoms with Crippen molar-refractivity contribution in [1.82, 2.24) is 15.2 Å². The summed E-state index contributed by atoms with van der Waals surface area (Å²) in [6.07, 6.45) is 0.975. The van der Waals surface area contributed by atoms with Gasteiger partial charge in [-0.05, 0) is 24.5 Å². The number of aromatic nitrogens is 3. The molecular formula is C21H19BrN4O4S. The third-order valence-corrected chi connectivity index (χ3v) is 5.77. The number of carbonyl (C=O) groups is 1. The summed E-state index contributed by atoms with van der Waals surface area (Å²) in [6.45, 7) is 1.48. The average molecular weight is 503 g/mol. The second kappa shape index (κ2) is 8.72. The molecule has 0 spiro atoms. The summed E-state index contributed by atoms with van der Waals surface area (Å²) in [6, 6.07) is 11.0. The normalized spacial score (nSPS) is 14.7. The lowest BCUT2D eigenvalue weighted by atomic mass is 10.1. The number of fused-ring (bicyclic) bond motifs is 3. The van der Waals surface area contributed by atoms with Crippen molar-refractivity contribution in [2.45, 2.75) is 18.3 Å². The van der Waals surface area contributed by atoms with Crippen molar-refractivity contribution in [3.63, 3.8) is 0 Å². The zero-order valence-electron chi connectivity index (χ0n) is 17.2. The van der Waals surface area contributed by atoms with Crippen LogP contribution < -0.4 is 19.1 Å². The molecule has 1 atom stereocenters. The van der Waals surface area contributed by atoms with Gasteiger partial charge in [0.05, 0.1) is 25.5 Å². The molecule has 2 aromatic carbocycles. The van der Waals surface area contributed by atoms with Gasteiger partial charge >= 0.3 is 0 Å². The smallest absolute Gasteiger partial charge is 0.247 e. The van der Waals surface area contributed by atoms with Gasteiger partial charge < -0.3 is 14.2 Å². The second-order valence-electron chi connectivity index (χ2n) is 6.56. The lowest BCUT2D eigenvalue weighted by Crippen LogP contribution is -2.36. The molecule has 10 heteroatoms. The minimum absolute atomic E-state index is 0.218. The Morgan fingerprint density at radius 3 is 2.65 bits per heavy atom. The molecule has 1 aliphatic heterocycles. The van der Waals surface area contributed by atoms with Gasteiger partial charge in [0.25, 0.3) is 0 Å². The number of hydrogen-bond acceptors (Lipinski definition) is 8. The Balaban J connectivity index is 2.03. The SMILES string of the molecule is COc1cc(Br)cc(C2Oc3nc(SC)nnc3-c3ccccc3N2C(C)=O)c1OC. The van der Waals surface area contributed by atoms with Crippen molar-refractivity contribution in [2.75, 3.05) is 25.4 Å². The van der Waals surface area contributed by atoms with E-state index in [1.165, 1.54) is 18.7 Å². The van der Waals surface area contributed by atoms with E-state index < -0.39 is 6.23 Å². The number of nitrogens with zero attached hydrogens (tertiary/aromatic N) is 4. The van der Waals surface area contributed by atoms with Crippen LogP contribution in [-0.2, 0) is 4.79 Å². The maximum absolute atomic E-state index is 12.9. The van der Waals surface area contributed by atoms with Crippen molar-refractivity contribution >= 4 is 39.3 Å². The fourth-order valence-corrected chi connectivity index (χ4v) is 4.23. The van der Waals surface area contributed by atoms with Gasteiger partial charge in [0, 0.05) is 17.0 Å². The second-order valence-corrected chi connectivity index (χ2v) is 8.25.